The van der Waals surface area contributed by atoms with E-state index in [4.69, 9.17) is 0 Å². The molecule has 0 spiro atoms. The number of carbonyl (C=O) groups excluding carboxylic acids is 1. The van der Waals surface area contributed by atoms with E-state index in [1.54, 1.807) is 0 Å². The predicted octanol–water partition coefficient (Wildman–Crippen LogP) is 3.72. The van der Waals surface area contributed by atoms with E-state index in [1.165, 1.54) is 32.1 Å². The van der Waals surface area contributed by atoms with Gasteiger partial charge in [-0.25, -0.2) is 0 Å². The zero-order chi connectivity index (χ0) is 10.9. The highest BCUT2D eigenvalue weighted by Gasteiger charge is 2.19. The lowest BCUT2D eigenvalue weighted by molar-refractivity contribution is -0.122. The normalized spacial score (nSPS) is 20.9. The summed E-state index contributed by atoms with van der Waals surface area (Å²) in [5.41, 5.74) is 0. The Morgan fingerprint density at radius 1 is 1.27 bits per heavy atom. The number of hydrogen-bond acceptors (Lipinski definition) is 1. The molecule has 1 unspecified atom stereocenters. The summed E-state index contributed by atoms with van der Waals surface area (Å²) >= 11 is 0. The zero-order valence-electron chi connectivity index (χ0n) is 9.85. The Labute approximate surface area is 93.6 Å². The van der Waals surface area contributed by atoms with E-state index in [0.29, 0.717) is 5.78 Å². The van der Waals surface area contributed by atoms with Gasteiger partial charge < -0.3 is 0 Å². The number of Topliss-reactive ketones (excluding diaryl/α,β-unsaturated/α-hetero) is 1. The largest absolute Gasteiger partial charge is 0.298 e. The number of rotatable bonds is 4. The van der Waals surface area contributed by atoms with Gasteiger partial charge in [0.05, 0.1) is 5.92 Å². The summed E-state index contributed by atoms with van der Waals surface area (Å²) in [5, 5.41) is 0. The summed E-state index contributed by atoms with van der Waals surface area (Å²) < 4.78 is 0. The number of ketones is 1. The van der Waals surface area contributed by atoms with Crippen LogP contribution < -0.4 is 0 Å². The molecule has 0 bridgehead atoms. The number of hydrogen-bond donors (Lipinski definition) is 0. The minimum atomic E-state index is 0.0740. The molecule has 1 rings (SSSR count). The molecule has 1 aliphatic rings. The van der Waals surface area contributed by atoms with Crippen molar-refractivity contribution in [2.24, 2.45) is 5.92 Å². The molecular weight excluding hydrogens is 184 g/mol. The van der Waals surface area contributed by atoms with Crippen LogP contribution in [0.15, 0.2) is 0 Å². The van der Waals surface area contributed by atoms with Crippen LogP contribution in [0.3, 0.4) is 0 Å². The minimum absolute atomic E-state index is 0.0740. The highest BCUT2D eigenvalue weighted by Crippen LogP contribution is 2.19. The van der Waals surface area contributed by atoms with Crippen molar-refractivity contribution >= 4 is 5.78 Å². The Hall–Kier alpha value is -0.770. The molecule has 84 valence electrons. The molecule has 0 amide bonds. The van der Waals surface area contributed by atoms with Crippen LogP contribution in [0.5, 0.6) is 0 Å². The fourth-order valence-electron chi connectivity index (χ4n) is 1.97. The van der Waals surface area contributed by atoms with Crippen LogP contribution >= 0.6 is 0 Å². The van der Waals surface area contributed by atoms with E-state index in [9.17, 15) is 4.79 Å². The zero-order valence-corrected chi connectivity index (χ0v) is 9.85. The van der Waals surface area contributed by atoms with E-state index >= 15 is 0 Å². The van der Waals surface area contributed by atoms with Crippen molar-refractivity contribution in [2.75, 3.05) is 0 Å². The molecule has 15 heavy (non-hydrogen) atoms. The average molecular weight is 206 g/mol. The first-order chi connectivity index (χ1) is 7.34. The van der Waals surface area contributed by atoms with Crippen LogP contribution in [0, 0.1) is 17.8 Å². The third kappa shape index (κ3) is 5.02. The van der Waals surface area contributed by atoms with Crippen molar-refractivity contribution in [3.63, 3.8) is 0 Å². The van der Waals surface area contributed by atoms with Crippen LogP contribution in [0.1, 0.15) is 64.7 Å². The fourth-order valence-corrected chi connectivity index (χ4v) is 1.97. The Bertz CT molecular complexity index is 244. The lowest BCUT2D eigenvalue weighted by Gasteiger charge is -2.14. The van der Waals surface area contributed by atoms with Crippen LogP contribution in [0.4, 0.5) is 0 Å². The second-order valence-electron chi connectivity index (χ2n) is 4.40. The molecule has 0 saturated heterocycles. The van der Waals surface area contributed by atoms with Crippen LogP contribution in [0.25, 0.3) is 0 Å². The van der Waals surface area contributed by atoms with Crippen LogP contribution in [-0.2, 0) is 4.79 Å². The van der Waals surface area contributed by atoms with Gasteiger partial charge >= 0.3 is 0 Å². The molecule has 1 fully saturated rings. The number of unbranched alkanes of at least 4 members (excludes halogenated alkanes) is 4. The summed E-state index contributed by atoms with van der Waals surface area (Å²) in [6.45, 7) is 2.21. The van der Waals surface area contributed by atoms with Crippen LogP contribution in [-0.4, -0.2) is 5.78 Å². The topological polar surface area (TPSA) is 17.1 Å². The molecule has 1 atom stereocenters. The second-order valence-corrected chi connectivity index (χ2v) is 4.40. The van der Waals surface area contributed by atoms with E-state index in [-0.39, 0.29) is 5.92 Å². The second kappa shape index (κ2) is 7.51. The molecule has 1 aliphatic carbocycles. The minimum Gasteiger partial charge on any atom is -0.298 e. The van der Waals surface area contributed by atoms with E-state index < -0.39 is 0 Å². The van der Waals surface area contributed by atoms with Gasteiger partial charge in [0.25, 0.3) is 0 Å². The van der Waals surface area contributed by atoms with Crippen molar-refractivity contribution in [3.8, 4) is 11.8 Å². The Morgan fingerprint density at radius 2 is 2.13 bits per heavy atom. The lowest BCUT2D eigenvalue weighted by atomic mass is 9.88. The summed E-state index contributed by atoms with van der Waals surface area (Å²) in [6.07, 6.45) is 10.1. The maximum absolute atomic E-state index is 11.5. The maximum Gasteiger partial charge on any atom is 0.147 e. The molecular formula is C14H22O. The Balaban J connectivity index is 2.15. The van der Waals surface area contributed by atoms with E-state index in [1.807, 2.05) is 0 Å². The molecule has 1 nitrogen and oxygen atoms in total. The van der Waals surface area contributed by atoms with Crippen molar-refractivity contribution in [1.82, 2.24) is 0 Å². The van der Waals surface area contributed by atoms with Crippen molar-refractivity contribution < 1.29 is 4.79 Å². The lowest BCUT2D eigenvalue weighted by Crippen LogP contribution is -2.16. The quantitative estimate of drug-likeness (QED) is 0.506. The third-order valence-electron chi connectivity index (χ3n) is 2.99. The summed E-state index contributed by atoms with van der Waals surface area (Å²) in [7, 11) is 0. The third-order valence-corrected chi connectivity index (χ3v) is 2.99. The molecule has 0 aromatic carbocycles. The summed E-state index contributed by atoms with van der Waals surface area (Å²) in [6, 6.07) is 0. The van der Waals surface area contributed by atoms with Gasteiger partial charge in [-0.1, -0.05) is 38.5 Å². The van der Waals surface area contributed by atoms with E-state index in [2.05, 4.69) is 18.8 Å². The summed E-state index contributed by atoms with van der Waals surface area (Å²) in [5.74, 6) is 6.77. The first-order valence-electron chi connectivity index (χ1n) is 6.35. The Morgan fingerprint density at radius 3 is 2.87 bits per heavy atom. The molecule has 0 heterocycles. The monoisotopic (exact) mass is 206 g/mol. The maximum atomic E-state index is 11.5. The van der Waals surface area contributed by atoms with Gasteiger partial charge in [-0.3, -0.25) is 4.79 Å². The van der Waals surface area contributed by atoms with Crippen molar-refractivity contribution in [2.45, 2.75) is 64.7 Å². The van der Waals surface area contributed by atoms with Gasteiger partial charge in [0.2, 0.25) is 0 Å². The smallest absolute Gasteiger partial charge is 0.147 e. The first kappa shape index (κ1) is 12.3. The standard InChI is InChI=1S/C14H22O/c1-2-3-4-5-6-7-10-13-11-8-9-12-14(13)15/h13H,2-6,8-9,11-12H2,1H3. The van der Waals surface area contributed by atoms with Crippen LogP contribution in [0.2, 0.25) is 0 Å². The van der Waals surface area contributed by atoms with Crippen molar-refractivity contribution in [3.05, 3.63) is 0 Å². The molecule has 0 aromatic rings. The average Bonchev–Trinajstić information content (AvgIpc) is 2.25. The molecule has 1 heteroatoms. The molecule has 0 aromatic heterocycles. The van der Waals surface area contributed by atoms with Crippen molar-refractivity contribution in [1.29, 1.82) is 0 Å². The van der Waals surface area contributed by atoms with Gasteiger partial charge in [0, 0.05) is 12.8 Å². The first-order valence-corrected chi connectivity index (χ1v) is 6.35. The fraction of sp³-hybridized carbons (Fsp3) is 0.786. The highest BCUT2D eigenvalue weighted by atomic mass is 16.1. The Kier molecular flexibility index (Phi) is 6.16. The van der Waals surface area contributed by atoms with Gasteiger partial charge in [-0.15, -0.1) is 5.92 Å². The van der Waals surface area contributed by atoms with Gasteiger partial charge in [-0.2, -0.15) is 0 Å². The molecule has 0 N–H and O–H groups in total. The predicted molar refractivity (Wildman–Crippen MR) is 63.5 cm³/mol. The van der Waals surface area contributed by atoms with E-state index in [0.717, 1.165) is 25.7 Å². The number of carbonyl (C=O) groups is 1. The summed E-state index contributed by atoms with van der Waals surface area (Å²) in [4.78, 5) is 11.5. The molecule has 0 radical (unpaired) electrons. The molecule has 0 aliphatic heterocycles. The SMILES string of the molecule is CCCCCCC#CC1CCCCC1=O. The molecule has 1 saturated carbocycles. The van der Waals surface area contributed by atoms with Gasteiger partial charge in [-0.05, 0) is 19.3 Å². The van der Waals surface area contributed by atoms with Gasteiger partial charge in [0.15, 0.2) is 0 Å². The highest BCUT2D eigenvalue weighted by molar-refractivity contribution is 5.84. The van der Waals surface area contributed by atoms with Gasteiger partial charge in [0.1, 0.15) is 5.78 Å².